The zero-order chi connectivity index (χ0) is 23.8. The second kappa shape index (κ2) is 27.6. The fourth-order valence-corrected chi connectivity index (χ4v) is 2.22. The van der Waals surface area contributed by atoms with Gasteiger partial charge in [-0.1, -0.05) is 53.4 Å². The van der Waals surface area contributed by atoms with E-state index in [-0.39, 0.29) is 0 Å². The molecule has 0 atom stereocenters. The molecule has 0 saturated heterocycles. The van der Waals surface area contributed by atoms with Gasteiger partial charge in [-0.3, -0.25) is 0 Å². The van der Waals surface area contributed by atoms with Crippen molar-refractivity contribution in [3.63, 3.8) is 0 Å². The summed E-state index contributed by atoms with van der Waals surface area (Å²) in [4.78, 5) is 0. The van der Waals surface area contributed by atoms with Gasteiger partial charge in [-0.25, -0.2) is 0 Å². The van der Waals surface area contributed by atoms with E-state index < -0.39 is 11.2 Å². The van der Waals surface area contributed by atoms with Gasteiger partial charge in [0.15, 0.2) is 0 Å². The van der Waals surface area contributed by atoms with Crippen molar-refractivity contribution >= 4 is 0 Å². The molecule has 28 heavy (non-hydrogen) atoms. The van der Waals surface area contributed by atoms with E-state index in [1.807, 2.05) is 27.7 Å². The number of aliphatic hydroxyl groups is 2. The molecule has 0 aliphatic carbocycles. The Balaban J connectivity index is -0.0000000816. The van der Waals surface area contributed by atoms with Crippen LogP contribution < -0.4 is 0 Å². The molecule has 0 unspecified atom stereocenters. The van der Waals surface area contributed by atoms with E-state index in [9.17, 15) is 0 Å². The summed E-state index contributed by atoms with van der Waals surface area (Å²) in [7, 11) is 0. The van der Waals surface area contributed by atoms with Crippen molar-refractivity contribution < 1.29 is 37.7 Å². The van der Waals surface area contributed by atoms with E-state index >= 15 is 0 Å². The van der Waals surface area contributed by atoms with Crippen LogP contribution in [0.1, 0.15) is 134 Å². The monoisotopic (exact) mass is 480 g/mol. The summed E-state index contributed by atoms with van der Waals surface area (Å²) in [6.45, 7) is 24.5. The zero-order valence-electron chi connectivity index (χ0n) is 21.5. The molecular weight excluding hydrogens is 427 g/mol. The first-order valence-electron chi connectivity index (χ1n) is 10.9. The van der Waals surface area contributed by atoms with Crippen LogP contribution in [-0.4, -0.2) is 21.4 Å². The standard InChI is InChI=1S/2C6H14O.2C6H13.O.Zr/c2*1-4-5-6(2,3)7;2*1-4-5-6(2)3;;/h2*7H,4-5H2,1-3H3;2*4-5H2,1-3H3;;/q;;2*-1;;+2. The molecule has 2 N–H and O–H groups in total. The molecule has 0 radical (unpaired) electrons. The van der Waals surface area contributed by atoms with Crippen molar-refractivity contribution in [1.29, 1.82) is 0 Å². The van der Waals surface area contributed by atoms with Gasteiger partial charge >= 0.3 is 27.5 Å². The Kier molecular flexibility index (Phi) is 38.6. The van der Waals surface area contributed by atoms with Gasteiger partial charge in [-0.15, -0.1) is 0 Å². The number of hydrogen-bond donors (Lipinski definition) is 2. The van der Waals surface area contributed by atoms with Crippen LogP contribution in [0.3, 0.4) is 0 Å². The molecule has 0 heterocycles. The van der Waals surface area contributed by atoms with Crippen LogP contribution in [-0.2, 0) is 27.5 Å². The summed E-state index contributed by atoms with van der Waals surface area (Å²) in [6, 6.07) is 0. The first-order valence-corrected chi connectivity index (χ1v) is 11.9. The molecule has 0 saturated carbocycles. The van der Waals surface area contributed by atoms with Gasteiger partial charge in [0, 0.05) is 0 Å². The Bertz CT molecular complexity index is 228. The van der Waals surface area contributed by atoms with Gasteiger partial charge in [0.2, 0.25) is 0 Å². The molecule has 0 fully saturated rings. The molecule has 172 valence electrons. The second-order valence-corrected chi connectivity index (χ2v) is 9.04. The molecule has 0 aromatic rings. The summed E-state index contributed by atoms with van der Waals surface area (Å²) in [5.74, 6) is 3.08. The number of rotatable bonds is 8. The third kappa shape index (κ3) is 81.8. The van der Waals surface area contributed by atoms with Crippen LogP contribution in [0.5, 0.6) is 0 Å². The van der Waals surface area contributed by atoms with E-state index in [0.717, 1.165) is 25.7 Å². The minimum atomic E-state index is -0.450. The van der Waals surface area contributed by atoms with Gasteiger partial charge in [-0.2, -0.15) is 40.5 Å². The van der Waals surface area contributed by atoms with Crippen LogP contribution in [0.4, 0.5) is 0 Å². The van der Waals surface area contributed by atoms with Crippen molar-refractivity contribution in [2.75, 3.05) is 0 Å². The minimum absolute atomic E-state index is 0.300. The molecule has 0 bridgehead atoms. The van der Waals surface area contributed by atoms with Gasteiger partial charge in [-0.05, 0) is 40.5 Å². The molecule has 0 spiro atoms. The van der Waals surface area contributed by atoms with Gasteiger partial charge in [0.1, 0.15) is 0 Å². The third-order valence-corrected chi connectivity index (χ3v) is 3.22. The van der Waals surface area contributed by atoms with Crippen molar-refractivity contribution in [1.82, 2.24) is 0 Å². The predicted molar refractivity (Wildman–Crippen MR) is 122 cm³/mol. The molecule has 0 aliphatic heterocycles. The number of hydrogen-bond acceptors (Lipinski definition) is 3. The van der Waals surface area contributed by atoms with Crippen LogP contribution in [0, 0.1) is 11.8 Å². The Morgan fingerprint density at radius 1 is 0.607 bits per heavy atom. The SMILES string of the molecule is CCCC(C)(C)O.CCCC(C)(C)O.CCC[C-](C)C.CCC[C-](C)C.[O]=[Zr+2]. The van der Waals surface area contributed by atoms with Crippen molar-refractivity contribution in [3.8, 4) is 0 Å². The fraction of sp³-hybridized carbons (Fsp3) is 0.917. The predicted octanol–water partition coefficient (Wildman–Crippen LogP) is 7.80. The maximum atomic E-state index is 9.02. The van der Waals surface area contributed by atoms with E-state index in [0.29, 0.717) is 24.7 Å². The fourth-order valence-electron chi connectivity index (χ4n) is 2.22. The third-order valence-electron chi connectivity index (χ3n) is 3.22. The molecule has 3 nitrogen and oxygen atoms in total. The average Bonchev–Trinajstić information content (AvgIpc) is 2.48. The summed E-state index contributed by atoms with van der Waals surface area (Å²) in [6.07, 6.45) is 9.08. The van der Waals surface area contributed by atoms with E-state index in [4.69, 9.17) is 13.0 Å². The van der Waals surface area contributed by atoms with Gasteiger partial charge < -0.3 is 22.0 Å². The zero-order valence-corrected chi connectivity index (χ0v) is 23.9. The average molecular weight is 482 g/mol. The van der Waals surface area contributed by atoms with Crippen molar-refractivity contribution in [2.24, 2.45) is 0 Å². The van der Waals surface area contributed by atoms with Crippen molar-refractivity contribution in [3.05, 3.63) is 11.8 Å². The van der Waals surface area contributed by atoms with Crippen LogP contribution in [0.15, 0.2) is 0 Å². The van der Waals surface area contributed by atoms with Crippen LogP contribution >= 0.6 is 0 Å². The van der Waals surface area contributed by atoms with Gasteiger partial charge in [0.05, 0.1) is 11.2 Å². The topological polar surface area (TPSA) is 57.5 Å². The Morgan fingerprint density at radius 2 is 0.821 bits per heavy atom. The molecule has 0 aromatic carbocycles. The molecule has 0 aromatic heterocycles. The summed E-state index contributed by atoms with van der Waals surface area (Å²) in [5.41, 5.74) is -0.899. The normalized spacial score (nSPS) is 10.5. The van der Waals surface area contributed by atoms with Gasteiger partial charge in [0.25, 0.3) is 0 Å². The molecular formula is C24H54O3Zr. The quantitative estimate of drug-likeness (QED) is 0.348. The first kappa shape index (κ1) is 39.1. The Hall–Kier alpha value is 0.603. The molecule has 0 rings (SSSR count). The van der Waals surface area contributed by atoms with Crippen LogP contribution in [0.25, 0.3) is 0 Å². The van der Waals surface area contributed by atoms with E-state index in [1.165, 1.54) is 37.5 Å². The summed E-state index contributed by atoms with van der Waals surface area (Å²) >= 11 is 0.300. The van der Waals surface area contributed by atoms with Crippen molar-refractivity contribution in [2.45, 2.75) is 146 Å². The molecule has 4 heteroatoms. The Morgan fingerprint density at radius 3 is 0.821 bits per heavy atom. The van der Waals surface area contributed by atoms with E-state index in [1.54, 1.807) is 0 Å². The summed E-state index contributed by atoms with van der Waals surface area (Å²) in [5, 5.41) is 18.0. The second-order valence-electron chi connectivity index (χ2n) is 9.04. The summed E-state index contributed by atoms with van der Waals surface area (Å²) < 4.78 is 8.34. The molecule has 0 aliphatic rings. The van der Waals surface area contributed by atoms with E-state index in [2.05, 4.69) is 55.4 Å². The Labute approximate surface area is 194 Å². The maximum absolute atomic E-state index is 9.02. The molecule has 0 amide bonds. The van der Waals surface area contributed by atoms with Crippen LogP contribution in [0.2, 0.25) is 0 Å². The first-order chi connectivity index (χ1) is 12.7.